The molecule has 5 nitrogen and oxygen atoms in total. The molecule has 2 rings (SSSR count). The molecule has 1 aromatic carbocycles. The highest BCUT2D eigenvalue weighted by molar-refractivity contribution is 5.85. The summed E-state index contributed by atoms with van der Waals surface area (Å²) in [6.07, 6.45) is 2.25. The van der Waals surface area contributed by atoms with Gasteiger partial charge in [-0.15, -0.1) is 12.4 Å². The second kappa shape index (κ2) is 8.89. The number of nitrogens with one attached hydrogen (secondary N) is 1. The first-order chi connectivity index (χ1) is 10.5. The van der Waals surface area contributed by atoms with E-state index >= 15 is 0 Å². The van der Waals surface area contributed by atoms with Crippen LogP contribution in [-0.2, 0) is 9.59 Å². The Hall–Kier alpha value is -1.59. The lowest BCUT2D eigenvalue weighted by atomic mass is 10.0. The average Bonchev–Trinajstić information content (AvgIpc) is 2.95. The van der Waals surface area contributed by atoms with Crippen molar-refractivity contribution in [3.05, 3.63) is 35.4 Å². The molecular weight excluding hydrogens is 314 g/mol. The first kappa shape index (κ1) is 19.5. The van der Waals surface area contributed by atoms with Crippen molar-refractivity contribution < 1.29 is 9.59 Å². The molecule has 0 aliphatic carbocycles. The van der Waals surface area contributed by atoms with Gasteiger partial charge in [0.15, 0.2) is 0 Å². The minimum absolute atomic E-state index is 0. The summed E-state index contributed by atoms with van der Waals surface area (Å²) >= 11 is 0. The highest BCUT2D eigenvalue weighted by Crippen LogP contribution is 2.23. The number of amides is 2. The van der Waals surface area contributed by atoms with Crippen molar-refractivity contribution in [2.75, 3.05) is 13.1 Å². The van der Waals surface area contributed by atoms with Gasteiger partial charge in [0.1, 0.15) is 0 Å². The monoisotopic (exact) mass is 339 g/mol. The van der Waals surface area contributed by atoms with Crippen LogP contribution < -0.4 is 11.1 Å². The molecule has 0 spiro atoms. The maximum Gasteiger partial charge on any atom is 0.225 e. The molecule has 1 aromatic rings. The predicted molar refractivity (Wildman–Crippen MR) is 93.4 cm³/mol. The molecule has 0 saturated carbocycles. The third-order valence-electron chi connectivity index (χ3n) is 4.21. The second-order valence-electron chi connectivity index (χ2n) is 5.99. The van der Waals surface area contributed by atoms with Gasteiger partial charge in [-0.3, -0.25) is 9.59 Å². The molecular formula is C17H26ClN3O2. The molecule has 2 amide bonds. The van der Waals surface area contributed by atoms with Gasteiger partial charge in [0.05, 0.1) is 12.5 Å². The molecule has 0 aromatic heterocycles. The maximum atomic E-state index is 12.6. The Kier molecular flexibility index (Phi) is 7.52. The number of hydrogen-bond acceptors (Lipinski definition) is 3. The van der Waals surface area contributed by atoms with Crippen molar-refractivity contribution in [2.24, 2.45) is 5.73 Å². The Morgan fingerprint density at radius 2 is 2.00 bits per heavy atom. The van der Waals surface area contributed by atoms with Gasteiger partial charge in [-0.2, -0.15) is 0 Å². The van der Waals surface area contributed by atoms with Crippen LogP contribution in [0.25, 0.3) is 0 Å². The van der Waals surface area contributed by atoms with Gasteiger partial charge in [0.2, 0.25) is 11.8 Å². The zero-order valence-corrected chi connectivity index (χ0v) is 14.6. The number of carbonyl (C=O) groups is 2. The first-order valence-corrected chi connectivity index (χ1v) is 7.84. The van der Waals surface area contributed by atoms with Crippen molar-refractivity contribution >= 4 is 24.2 Å². The zero-order valence-electron chi connectivity index (χ0n) is 13.7. The number of rotatable bonds is 5. The number of carbonyl (C=O) groups excluding carboxylic acids is 2. The molecule has 2 atom stereocenters. The Labute approximate surface area is 144 Å². The molecule has 1 fully saturated rings. The fraction of sp³-hybridized carbons (Fsp3) is 0.529. The summed E-state index contributed by atoms with van der Waals surface area (Å²) in [6.45, 7) is 4.76. The Bertz CT molecular complexity index is 533. The average molecular weight is 340 g/mol. The highest BCUT2D eigenvalue weighted by Gasteiger charge is 2.29. The molecule has 2 unspecified atom stereocenters. The topological polar surface area (TPSA) is 75.4 Å². The van der Waals surface area contributed by atoms with Crippen LogP contribution in [0.1, 0.15) is 43.4 Å². The molecule has 0 radical (unpaired) electrons. The largest absolute Gasteiger partial charge is 0.349 e. The number of nitrogens with zero attached hydrogens (tertiary/aromatic N) is 1. The summed E-state index contributed by atoms with van der Waals surface area (Å²) in [6, 6.07) is 7.77. The van der Waals surface area contributed by atoms with Gasteiger partial charge >= 0.3 is 0 Å². The summed E-state index contributed by atoms with van der Waals surface area (Å²) in [5.74, 6) is -0.0672. The van der Waals surface area contributed by atoms with Gasteiger partial charge in [-0.1, -0.05) is 29.8 Å². The lowest BCUT2D eigenvalue weighted by Crippen LogP contribution is -2.41. The molecule has 3 N–H and O–H groups in total. The van der Waals surface area contributed by atoms with Gasteiger partial charge < -0.3 is 16.0 Å². The Morgan fingerprint density at radius 1 is 1.35 bits per heavy atom. The molecule has 128 valence electrons. The second-order valence-corrected chi connectivity index (χ2v) is 5.99. The third-order valence-corrected chi connectivity index (χ3v) is 4.21. The summed E-state index contributed by atoms with van der Waals surface area (Å²) in [5.41, 5.74) is 7.85. The van der Waals surface area contributed by atoms with E-state index in [0.717, 1.165) is 30.5 Å². The SMILES string of the molecule is CC(=O)NC(CC(=O)N1CCCC1CN)c1ccc(C)cc1.Cl. The van der Waals surface area contributed by atoms with E-state index in [4.69, 9.17) is 5.73 Å². The third kappa shape index (κ3) is 5.22. The van der Waals surface area contributed by atoms with Gasteiger partial charge in [0, 0.05) is 26.1 Å². The van der Waals surface area contributed by atoms with Crippen molar-refractivity contribution in [1.82, 2.24) is 10.2 Å². The fourth-order valence-electron chi connectivity index (χ4n) is 3.00. The van der Waals surface area contributed by atoms with Crippen LogP contribution in [0, 0.1) is 6.92 Å². The molecule has 6 heteroatoms. The van der Waals surface area contributed by atoms with Crippen LogP contribution in [0.2, 0.25) is 0 Å². The maximum absolute atomic E-state index is 12.6. The van der Waals surface area contributed by atoms with Crippen molar-refractivity contribution in [3.8, 4) is 0 Å². The lowest BCUT2D eigenvalue weighted by Gasteiger charge is -2.26. The number of benzene rings is 1. The van der Waals surface area contributed by atoms with E-state index in [1.54, 1.807) is 0 Å². The molecule has 23 heavy (non-hydrogen) atoms. The smallest absolute Gasteiger partial charge is 0.225 e. The van der Waals surface area contributed by atoms with Crippen LogP contribution >= 0.6 is 12.4 Å². The number of halogens is 1. The number of aryl methyl sites for hydroxylation is 1. The van der Waals surface area contributed by atoms with E-state index in [9.17, 15) is 9.59 Å². The number of nitrogens with two attached hydrogens (primary N) is 1. The van der Waals surface area contributed by atoms with Gasteiger partial charge in [-0.05, 0) is 25.3 Å². The Balaban J connectivity index is 0.00000264. The van der Waals surface area contributed by atoms with Crippen LogP contribution in [0.15, 0.2) is 24.3 Å². The molecule has 0 bridgehead atoms. The normalized spacial score (nSPS) is 18.2. The van der Waals surface area contributed by atoms with Gasteiger partial charge in [-0.25, -0.2) is 0 Å². The minimum Gasteiger partial charge on any atom is -0.349 e. The van der Waals surface area contributed by atoms with Crippen LogP contribution in [-0.4, -0.2) is 35.8 Å². The highest BCUT2D eigenvalue weighted by atomic mass is 35.5. The number of hydrogen-bond donors (Lipinski definition) is 2. The zero-order chi connectivity index (χ0) is 16.1. The van der Waals surface area contributed by atoms with Crippen LogP contribution in [0.5, 0.6) is 0 Å². The summed E-state index contributed by atoms with van der Waals surface area (Å²) in [7, 11) is 0. The van der Waals surface area contributed by atoms with E-state index in [1.165, 1.54) is 6.92 Å². The van der Waals surface area contributed by atoms with Crippen molar-refractivity contribution in [2.45, 2.75) is 45.2 Å². The predicted octanol–water partition coefficient (Wildman–Crippen LogP) is 1.93. The summed E-state index contributed by atoms with van der Waals surface area (Å²) < 4.78 is 0. The van der Waals surface area contributed by atoms with Crippen molar-refractivity contribution in [3.63, 3.8) is 0 Å². The lowest BCUT2D eigenvalue weighted by molar-refractivity contribution is -0.132. The Morgan fingerprint density at radius 3 is 2.57 bits per heavy atom. The van der Waals surface area contributed by atoms with Crippen LogP contribution in [0.4, 0.5) is 0 Å². The molecule has 1 aliphatic rings. The minimum atomic E-state index is -0.287. The van der Waals surface area contributed by atoms with E-state index in [0.29, 0.717) is 6.54 Å². The fourth-order valence-corrected chi connectivity index (χ4v) is 3.00. The first-order valence-electron chi connectivity index (χ1n) is 7.84. The van der Waals surface area contributed by atoms with E-state index < -0.39 is 0 Å². The summed E-state index contributed by atoms with van der Waals surface area (Å²) in [4.78, 5) is 25.9. The molecule has 1 heterocycles. The van der Waals surface area contributed by atoms with E-state index in [-0.39, 0.29) is 42.7 Å². The van der Waals surface area contributed by atoms with Crippen molar-refractivity contribution in [1.29, 1.82) is 0 Å². The van der Waals surface area contributed by atoms with Gasteiger partial charge in [0.25, 0.3) is 0 Å². The molecule has 1 saturated heterocycles. The quantitative estimate of drug-likeness (QED) is 0.860. The van der Waals surface area contributed by atoms with E-state index in [1.807, 2.05) is 36.1 Å². The van der Waals surface area contributed by atoms with Crippen LogP contribution in [0.3, 0.4) is 0 Å². The molecule has 1 aliphatic heterocycles. The standard InChI is InChI=1S/C17H25N3O2.ClH/c1-12-5-7-14(8-6-12)16(19-13(2)21)10-17(22)20-9-3-4-15(20)11-18;/h5-8,15-16H,3-4,9-11,18H2,1-2H3,(H,19,21);1H. The number of likely N-dealkylation sites (tertiary alicyclic amines) is 1. The van der Waals surface area contributed by atoms with E-state index in [2.05, 4.69) is 5.32 Å². The summed E-state index contributed by atoms with van der Waals surface area (Å²) in [5, 5.41) is 2.89.